The van der Waals surface area contributed by atoms with E-state index < -0.39 is 5.97 Å². The highest BCUT2D eigenvalue weighted by atomic mass is 16.6. The first kappa shape index (κ1) is 22.0. The zero-order valence-electron chi connectivity index (χ0n) is 18.2. The Balaban J connectivity index is 1.60. The van der Waals surface area contributed by atoms with Gasteiger partial charge in [0, 0.05) is 5.69 Å². The SMILES string of the molecule is Cc1ccc(C(C)C)c(OCC(=O)OCc2nc(N)nc(Nc3ccccc3C)n2)c1. The largest absolute Gasteiger partial charge is 0.482 e. The minimum absolute atomic E-state index is 0.0368. The fourth-order valence-corrected chi connectivity index (χ4v) is 2.96. The number of aromatic nitrogens is 3. The van der Waals surface area contributed by atoms with Gasteiger partial charge in [-0.3, -0.25) is 0 Å². The highest BCUT2D eigenvalue weighted by molar-refractivity contribution is 5.71. The van der Waals surface area contributed by atoms with Crippen LogP contribution in [0.2, 0.25) is 0 Å². The second-order valence-electron chi connectivity index (χ2n) is 7.52. The average Bonchev–Trinajstić information content (AvgIpc) is 2.72. The van der Waals surface area contributed by atoms with Crippen LogP contribution in [0.15, 0.2) is 42.5 Å². The number of carbonyl (C=O) groups is 1. The van der Waals surface area contributed by atoms with Gasteiger partial charge in [-0.05, 0) is 48.6 Å². The first-order valence-corrected chi connectivity index (χ1v) is 10.0. The summed E-state index contributed by atoms with van der Waals surface area (Å²) < 4.78 is 11.0. The van der Waals surface area contributed by atoms with Gasteiger partial charge < -0.3 is 20.5 Å². The van der Waals surface area contributed by atoms with Crippen LogP contribution in [0.5, 0.6) is 5.75 Å². The minimum Gasteiger partial charge on any atom is -0.482 e. The molecule has 0 aliphatic rings. The molecule has 3 N–H and O–H groups in total. The maximum Gasteiger partial charge on any atom is 0.344 e. The van der Waals surface area contributed by atoms with Gasteiger partial charge in [0.05, 0.1) is 0 Å². The predicted molar refractivity (Wildman–Crippen MR) is 119 cm³/mol. The van der Waals surface area contributed by atoms with E-state index in [0.717, 1.165) is 22.4 Å². The van der Waals surface area contributed by atoms with Gasteiger partial charge in [0.25, 0.3) is 0 Å². The minimum atomic E-state index is -0.524. The number of aryl methyl sites for hydroxylation is 2. The Morgan fingerprint density at radius 1 is 1.10 bits per heavy atom. The number of nitrogens with two attached hydrogens (primary N) is 1. The Morgan fingerprint density at radius 2 is 1.87 bits per heavy atom. The van der Waals surface area contributed by atoms with E-state index in [9.17, 15) is 4.79 Å². The number of para-hydroxylation sites is 1. The number of hydrogen-bond acceptors (Lipinski definition) is 8. The second-order valence-corrected chi connectivity index (χ2v) is 7.52. The zero-order valence-corrected chi connectivity index (χ0v) is 18.2. The molecular formula is C23H27N5O3. The Kier molecular flexibility index (Phi) is 7.02. The maximum atomic E-state index is 12.2. The number of carbonyl (C=O) groups excluding carboxylic acids is 1. The summed E-state index contributed by atoms with van der Waals surface area (Å²) in [6.07, 6.45) is 0. The van der Waals surface area contributed by atoms with Crippen LogP contribution in [0.25, 0.3) is 0 Å². The quantitative estimate of drug-likeness (QED) is 0.524. The molecule has 3 rings (SSSR count). The van der Waals surface area contributed by atoms with Crippen LogP contribution in [-0.2, 0) is 16.1 Å². The average molecular weight is 422 g/mol. The van der Waals surface area contributed by atoms with Crippen LogP contribution in [-0.4, -0.2) is 27.5 Å². The van der Waals surface area contributed by atoms with Gasteiger partial charge in [0.1, 0.15) is 5.75 Å². The molecule has 31 heavy (non-hydrogen) atoms. The highest BCUT2D eigenvalue weighted by Crippen LogP contribution is 2.27. The molecule has 0 saturated heterocycles. The van der Waals surface area contributed by atoms with Crippen molar-refractivity contribution in [3.63, 3.8) is 0 Å². The lowest BCUT2D eigenvalue weighted by Gasteiger charge is -2.14. The van der Waals surface area contributed by atoms with Crippen molar-refractivity contribution in [1.29, 1.82) is 0 Å². The maximum absolute atomic E-state index is 12.2. The molecule has 162 valence electrons. The fraction of sp³-hybridized carbons (Fsp3) is 0.304. The summed E-state index contributed by atoms with van der Waals surface area (Å²) in [6, 6.07) is 13.7. The first-order valence-electron chi connectivity index (χ1n) is 10.0. The molecule has 1 aromatic heterocycles. The molecule has 0 unspecified atom stereocenters. The number of nitrogens with one attached hydrogen (secondary N) is 1. The smallest absolute Gasteiger partial charge is 0.344 e. The van der Waals surface area contributed by atoms with Crippen molar-refractivity contribution in [2.75, 3.05) is 17.7 Å². The summed E-state index contributed by atoms with van der Waals surface area (Å²) >= 11 is 0. The molecule has 0 fully saturated rings. The Labute approximate surface area is 181 Å². The van der Waals surface area contributed by atoms with Crippen LogP contribution in [0.4, 0.5) is 17.6 Å². The van der Waals surface area contributed by atoms with E-state index in [0.29, 0.717) is 5.75 Å². The molecule has 2 aromatic carbocycles. The van der Waals surface area contributed by atoms with E-state index in [1.54, 1.807) is 0 Å². The second kappa shape index (κ2) is 9.88. The molecule has 8 heteroatoms. The lowest BCUT2D eigenvalue weighted by atomic mass is 10.0. The Morgan fingerprint density at radius 3 is 2.61 bits per heavy atom. The molecule has 0 radical (unpaired) electrons. The van der Waals surface area contributed by atoms with Crippen LogP contribution >= 0.6 is 0 Å². The molecular weight excluding hydrogens is 394 g/mol. The number of benzene rings is 2. The molecule has 3 aromatic rings. The third-order valence-electron chi connectivity index (χ3n) is 4.59. The molecule has 0 amide bonds. The number of rotatable bonds is 8. The normalized spacial score (nSPS) is 10.7. The monoisotopic (exact) mass is 421 g/mol. The predicted octanol–water partition coefficient (Wildman–Crippen LogP) is 4.06. The molecule has 0 aliphatic heterocycles. The topological polar surface area (TPSA) is 112 Å². The van der Waals surface area contributed by atoms with Gasteiger partial charge in [-0.15, -0.1) is 0 Å². The summed E-state index contributed by atoms with van der Waals surface area (Å²) in [5.74, 6) is 0.999. The summed E-state index contributed by atoms with van der Waals surface area (Å²) in [4.78, 5) is 24.6. The van der Waals surface area contributed by atoms with Crippen molar-refractivity contribution in [2.45, 2.75) is 40.2 Å². The summed E-state index contributed by atoms with van der Waals surface area (Å²) in [5, 5.41) is 3.10. The van der Waals surface area contributed by atoms with Crippen LogP contribution in [0, 0.1) is 13.8 Å². The molecule has 0 aliphatic carbocycles. The van der Waals surface area contributed by atoms with Crippen molar-refractivity contribution in [1.82, 2.24) is 15.0 Å². The number of ether oxygens (including phenoxy) is 2. The van der Waals surface area contributed by atoms with Crippen molar-refractivity contribution >= 4 is 23.6 Å². The third kappa shape index (κ3) is 6.15. The van der Waals surface area contributed by atoms with E-state index in [1.165, 1.54) is 0 Å². The zero-order chi connectivity index (χ0) is 22.4. The van der Waals surface area contributed by atoms with Gasteiger partial charge in [0.15, 0.2) is 19.0 Å². The highest BCUT2D eigenvalue weighted by Gasteiger charge is 2.13. The molecule has 1 heterocycles. The van der Waals surface area contributed by atoms with Gasteiger partial charge >= 0.3 is 5.97 Å². The summed E-state index contributed by atoms with van der Waals surface area (Å²) in [6.45, 7) is 7.74. The number of esters is 1. The van der Waals surface area contributed by atoms with Crippen LogP contribution in [0.1, 0.15) is 42.3 Å². The van der Waals surface area contributed by atoms with Crippen molar-refractivity contribution in [3.05, 3.63) is 65.0 Å². The van der Waals surface area contributed by atoms with Crippen molar-refractivity contribution in [3.8, 4) is 5.75 Å². The summed E-state index contributed by atoms with van der Waals surface area (Å²) in [7, 11) is 0. The van der Waals surface area contributed by atoms with Crippen LogP contribution in [0.3, 0.4) is 0 Å². The standard InChI is InChI=1S/C23H27N5O3/c1-14(2)17-10-9-15(3)11-19(17)30-13-21(29)31-12-20-26-22(24)28-23(27-20)25-18-8-6-5-7-16(18)4/h5-11,14H,12-13H2,1-4H3,(H3,24,25,26,27,28). The number of anilines is 3. The Bertz CT molecular complexity index is 1070. The van der Waals surface area contributed by atoms with Gasteiger partial charge in [-0.25, -0.2) is 4.79 Å². The lowest BCUT2D eigenvalue weighted by molar-refractivity contribution is -0.147. The van der Waals surface area contributed by atoms with E-state index in [2.05, 4.69) is 34.1 Å². The van der Waals surface area contributed by atoms with E-state index in [1.807, 2.05) is 56.3 Å². The van der Waals surface area contributed by atoms with Crippen molar-refractivity contribution < 1.29 is 14.3 Å². The number of hydrogen-bond donors (Lipinski definition) is 2. The van der Waals surface area contributed by atoms with E-state index >= 15 is 0 Å². The Hall–Kier alpha value is -3.68. The number of nitrogen functional groups attached to an aromatic ring is 1. The molecule has 0 bridgehead atoms. The van der Waals surface area contributed by atoms with Gasteiger partial charge in [0.2, 0.25) is 11.9 Å². The molecule has 8 nitrogen and oxygen atoms in total. The lowest BCUT2D eigenvalue weighted by Crippen LogP contribution is -2.17. The molecule has 0 spiro atoms. The molecule has 0 saturated carbocycles. The third-order valence-corrected chi connectivity index (χ3v) is 4.59. The van der Waals surface area contributed by atoms with Gasteiger partial charge in [-0.2, -0.15) is 15.0 Å². The van der Waals surface area contributed by atoms with E-state index in [4.69, 9.17) is 15.2 Å². The first-order chi connectivity index (χ1) is 14.8. The van der Waals surface area contributed by atoms with Crippen molar-refractivity contribution in [2.24, 2.45) is 0 Å². The van der Waals surface area contributed by atoms with Gasteiger partial charge in [-0.1, -0.05) is 44.2 Å². The number of nitrogens with zero attached hydrogens (tertiary/aromatic N) is 3. The fourth-order valence-electron chi connectivity index (χ4n) is 2.96. The van der Waals surface area contributed by atoms with E-state index in [-0.39, 0.29) is 36.9 Å². The summed E-state index contributed by atoms with van der Waals surface area (Å²) in [5.41, 5.74) is 9.76. The van der Waals surface area contributed by atoms with Crippen LogP contribution < -0.4 is 15.8 Å². The molecule has 0 atom stereocenters.